The summed E-state index contributed by atoms with van der Waals surface area (Å²) < 4.78 is 0. The van der Waals surface area contributed by atoms with Crippen molar-refractivity contribution in [2.45, 2.75) is 39.2 Å². The van der Waals surface area contributed by atoms with Gasteiger partial charge in [0.05, 0.1) is 13.3 Å². The smallest absolute Gasteiger partial charge is 0.237 e. The van der Waals surface area contributed by atoms with Crippen molar-refractivity contribution in [1.29, 1.82) is 0 Å². The average molecular weight is 214 g/mol. The fraction of sp³-hybridized carbons (Fsp3) is 0.909. The monoisotopic (exact) mass is 214 g/mol. The van der Waals surface area contributed by atoms with Crippen LogP contribution < -0.4 is 0 Å². The summed E-state index contributed by atoms with van der Waals surface area (Å²) in [5.41, 5.74) is 0. The van der Waals surface area contributed by atoms with Crippen LogP contribution in [0.3, 0.4) is 0 Å². The fourth-order valence-corrected chi connectivity index (χ4v) is 1.98. The van der Waals surface area contributed by atoms with Crippen LogP contribution in [0.1, 0.15) is 33.1 Å². The molecule has 0 aliphatic carbocycles. The number of carbonyl (C=O) groups excluding carboxylic acids is 1. The van der Waals surface area contributed by atoms with E-state index in [1.807, 2.05) is 4.90 Å². The quantitative estimate of drug-likeness (QED) is 0.731. The Bertz CT molecular complexity index is 209. The van der Waals surface area contributed by atoms with Gasteiger partial charge in [-0.25, -0.2) is 0 Å². The lowest BCUT2D eigenvalue weighted by Gasteiger charge is -2.37. The minimum absolute atomic E-state index is 0.0110. The van der Waals surface area contributed by atoms with E-state index in [-0.39, 0.29) is 12.6 Å². The van der Waals surface area contributed by atoms with Crippen molar-refractivity contribution in [1.82, 2.24) is 9.80 Å². The number of rotatable bonds is 5. The van der Waals surface area contributed by atoms with Gasteiger partial charge in [-0.3, -0.25) is 9.69 Å². The molecule has 1 heterocycles. The van der Waals surface area contributed by atoms with Crippen molar-refractivity contribution < 1.29 is 9.90 Å². The Balaban J connectivity index is 2.39. The fourth-order valence-electron chi connectivity index (χ4n) is 1.98. The van der Waals surface area contributed by atoms with Gasteiger partial charge in [0.15, 0.2) is 0 Å². The molecule has 0 aromatic rings. The zero-order chi connectivity index (χ0) is 11.3. The van der Waals surface area contributed by atoms with Crippen molar-refractivity contribution in [3.8, 4) is 0 Å². The molecule has 15 heavy (non-hydrogen) atoms. The maximum absolute atomic E-state index is 11.7. The number of carbonyl (C=O) groups is 1. The largest absolute Gasteiger partial charge is 0.381 e. The predicted octanol–water partition coefficient (Wildman–Crippen LogP) is 0.659. The number of amides is 1. The molecule has 1 atom stereocenters. The number of aliphatic hydroxyl groups excluding tert-OH is 1. The van der Waals surface area contributed by atoms with Crippen LogP contribution >= 0.6 is 0 Å². The van der Waals surface area contributed by atoms with Gasteiger partial charge >= 0.3 is 0 Å². The van der Waals surface area contributed by atoms with Gasteiger partial charge in [0, 0.05) is 19.1 Å². The van der Waals surface area contributed by atoms with Gasteiger partial charge in [0.1, 0.15) is 0 Å². The van der Waals surface area contributed by atoms with E-state index < -0.39 is 0 Å². The van der Waals surface area contributed by atoms with Crippen molar-refractivity contribution in [2.24, 2.45) is 0 Å². The van der Waals surface area contributed by atoms with Gasteiger partial charge in [-0.2, -0.15) is 0 Å². The summed E-state index contributed by atoms with van der Waals surface area (Å²) in [7, 11) is 0. The molecule has 1 amide bonds. The van der Waals surface area contributed by atoms with E-state index in [1.54, 1.807) is 4.90 Å². The van der Waals surface area contributed by atoms with E-state index in [2.05, 4.69) is 13.8 Å². The van der Waals surface area contributed by atoms with E-state index in [0.717, 1.165) is 19.5 Å². The molecular weight excluding hydrogens is 192 g/mol. The van der Waals surface area contributed by atoms with Gasteiger partial charge in [-0.1, -0.05) is 19.8 Å². The third kappa shape index (κ3) is 3.47. The first kappa shape index (κ1) is 12.5. The van der Waals surface area contributed by atoms with Gasteiger partial charge in [0.25, 0.3) is 0 Å². The first-order chi connectivity index (χ1) is 7.19. The van der Waals surface area contributed by atoms with E-state index in [0.29, 0.717) is 12.6 Å². The summed E-state index contributed by atoms with van der Waals surface area (Å²) in [5.74, 6) is 0.152. The number of hydrogen-bond donors (Lipinski definition) is 1. The summed E-state index contributed by atoms with van der Waals surface area (Å²) in [6.07, 6.45) is 3.44. The lowest BCUT2D eigenvalue weighted by molar-refractivity contribution is -0.140. The minimum atomic E-state index is -0.0110. The van der Waals surface area contributed by atoms with E-state index >= 15 is 0 Å². The van der Waals surface area contributed by atoms with E-state index in [4.69, 9.17) is 5.11 Å². The van der Waals surface area contributed by atoms with Crippen LogP contribution in [0, 0.1) is 0 Å². The Hall–Kier alpha value is -0.610. The number of aliphatic hydroxyl groups is 1. The molecule has 0 bridgehead atoms. The molecule has 1 aliphatic heterocycles. The average Bonchev–Trinajstić information content (AvgIpc) is 2.25. The molecule has 1 N–H and O–H groups in total. The van der Waals surface area contributed by atoms with Crippen LogP contribution in [0.25, 0.3) is 0 Å². The van der Waals surface area contributed by atoms with Crippen LogP contribution in [-0.2, 0) is 4.79 Å². The summed E-state index contributed by atoms with van der Waals surface area (Å²) >= 11 is 0. The maximum Gasteiger partial charge on any atom is 0.237 e. The third-order valence-electron chi connectivity index (χ3n) is 3.04. The molecule has 0 aromatic carbocycles. The van der Waals surface area contributed by atoms with Crippen molar-refractivity contribution in [3.63, 3.8) is 0 Å². The second-order valence-corrected chi connectivity index (χ2v) is 4.27. The Labute approximate surface area is 91.9 Å². The lowest BCUT2D eigenvalue weighted by atomic mass is 10.1. The number of nitrogens with zero attached hydrogens (tertiary/aromatic N) is 2. The molecule has 4 nitrogen and oxygen atoms in total. The number of hydrogen-bond acceptors (Lipinski definition) is 3. The van der Waals surface area contributed by atoms with Crippen LogP contribution in [0.4, 0.5) is 0 Å². The van der Waals surface area contributed by atoms with Gasteiger partial charge < -0.3 is 10.0 Å². The van der Waals surface area contributed by atoms with Gasteiger partial charge in [0.2, 0.25) is 5.91 Å². The molecule has 88 valence electrons. The second-order valence-electron chi connectivity index (χ2n) is 4.27. The van der Waals surface area contributed by atoms with Crippen molar-refractivity contribution >= 4 is 5.91 Å². The molecule has 1 unspecified atom stereocenters. The summed E-state index contributed by atoms with van der Waals surface area (Å²) in [4.78, 5) is 15.5. The minimum Gasteiger partial charge on any atom is -0.381 e. The zero-order valence-electron chi connectivity index (χ0n) is 9.78. The van der Waals surface area contributed by atoms with Crippen molar-refractivity contribution in [3.05, 3.63) is 0 Å². The highest BCUT2D eigenvalue weighted by molar-refractivity contribution is 5.79. The number of unbranched alkanes of at least 4 members (excludes halogenated alkanes) is 1. The highest BCUT2D eigenvalue weighted by Gasteiger charge is 2.26. The SMILES string of the molecule is CCCCC(C)N1CCN(CO)CC1=O. The molecular formula is C11H22N2O2. The molecule has 1 aliphatic rings. The van der Waals surface area contributed by atoms with Gasteiger partial charge in [-0.05, 0) is 13.3 Å². The molecule has 0 radical (unpaired) electrons. The van der Waals surface area contributed by atoms with E-state index in [9.17, 15) is 4.79 Å². The second kappa shape index (κ2) is 6.08. The lowest BCUT2D eigenvalue weighted by Crippen LogP contribution is -2.53. The molecule has 4 heteroatoms. The standard InChI is InChI=1S/C11H22N2O2/c1-3-4-5-10(2)13-7-6-12(9-14)8-11(13)15/h10,14H,3-9H2,1-2H3. The Kier molecular flexibility index (Phi) is 5.05. The van der Waals surface area contributed by atoms with Crippen LogP contribution in [0.5, 0.6) is 0 Å². The summed E-state index contributed by atoms with van der Waals surface area (Å²) in [6, 6.07) is 0.346. The van der Waals surface area contributed by atoms with Crippen LogP contribution in [0.15, 0.2) is 0 Å². The van der Waals surface area contributed by atoms with Crippen LogP contribution in [-0.4, -0.2) is 53.2 Å². The van der Waals surface area contributed by atoms with E-state index in [1.165, 1.54) is 12.8 Å². The molecule has 0 saturated carbocycles. The molecule has 1 fully saturated rings. The predicted molar refractivity (Wildman–Crippen MR) is 59.4 cm³/mol. The Morgan fingerprint density at radius 3 is 2.73 bits per heavy atom. The topological polar surface area (TPSA) is 43.8 Å². The maximum atomic E-state index is 11.7. The zero-order valence-corrected chi connectivity index (χ0v) is 9.78. The molecule has 1 rings (SSSR count). The highest BCUT2D eigenvalue weighted by Crippen LogP contribution is 2.12. The molecule has 0 aromatic heterocycles. The van der Waals surface area contributed by atoms with Crippen LogP contribution in [0.2, 0.25) is 0 Å². The Morgan fingerprint density at radius 2 is 2.20 bits per heavy atom. The Morgan fingerprint density at radius 1 is 1.47 bits per heavy atom. The first-order valence-corrected chi connectivity index (χ1v) is 5.81. The first-order valence-electron chi connectivity index (χ1n) is 5.81. The normalized spacial score (nSPS) is 20.7. The number of piperazine rings is 1. The molecule has 0 spiro atoms. The highest BCUT2D eigenvalue weighted by atomic mass is 16.3. The summed E-state index contributed by atoms with van der Waals surface area (Å²) in [6.45, 7) is 6.18. The molecule has 1 saturated heterocycles. The van der Waals surface area contributed by atoms with Crippen molar-refractivity contribution in [2.75, 3.05) is 26.4 Å². The van der Waals surface area contributed by atoms with Gasteiger partial charge in [-0.15, -0.1) is 0 Å². The summed E-state index contributed by atoms with van der Waals surface area (Å²) in [5, 5.41) is 8.93. The third-order valence-corrected chi connectivity index (χ3v) is 3.04.